The average Bonchev–Trinajstić information content (AvgIpc) is 2.83. The van der Waals surface area contributed by atoms with Crippen LogP contribution in [0.15, 0.2) is 4.52 Å². The molecular weight excluding hydrogens is 292 g/mol. The highest BCUT2D eigenvalue weighted by molar-refractivity contribution is 5.85. The zero-order valence-corrected chi connectivity index (χ0v) is 13.9. The molecule has 21 heavy (non-hydrogen) atoms. The van der Waals surface area contributed by atoms with Gasteiger partial charge in [0.1, 0.15) is 0 Å². The average molecular weight is 317 g/mol. The predicted molar refractivity (Wildman–Crippen MR) is 82.3 cm³/mol. The van der Waals surface area contributed by atoms with Crippen LogP contribution in [0.5, 0.6) is 0 Å². The molecule has 1 amide bonds. The van der Waals surface area contributed by atoms with Gasteiger partial charge < -0.3 is 15.2 Å². The Labute approximate surface area is 131 Å². The van der Waals surface area contributed by atoms with Crippen LogP contribution in [0.4, 0.5) is 0 Å². The second-order valence-electron chi connectivity index (χ2n) is 6.65. The topological polar surface area (TPSA) is 85.2 Å². The smallest absolute Gasteiger partial charge is 0.240 e. The Morgan fingerprint density at radius 2 is 2.14 bits per heavy atom. The van der Waals surface area contributed by atoms with Crippen molar-refractivity contribution in [3.05, 3.63) is 11.7 Å². The SMILES string of the molecule is Cc1noc(C2CCCN(C(=O)[C@@H](N)C(C)(C)C)C2)n1.Cl. The number of rotatable bonds is 2. The summed E-state index contributed by atoms with van der Waals surface area (Å²) >= 11 is 0. The van der Waals surface area contributed by atoms with Gasteiger partial charge in [-0.05, 0) is 25.2 Å². The Hall–Kier alpha value is -1.14. The summed E-state index contributed by atoms with van der Waals surface area (Å²) in [6, 6.07) is -0.481. The van der Waals surface area contributed by atoms with Gasteiger partial charge in [-0.2, -0.15) is 4.98 Å². The van der Waals surface area contributed by atoms with Crippen LogP contribution in [-0.4, -0.2) is 40.1 Å². The number of nitrogens with zero attached hydrogens (tertiary/aromatic N) is 3. The lowest BCUT2D eigenvalue weighted by Crippen LogP contribution is -2.52. The number of halogens is 1. The molecule has 0 saturated carbocycles. The highest BCUT2D eigenvalue weighted by Crippen LogP contribution is 2.27. The summed E-state index contributed by atoms with van der Waals surface area (Å²) in [7, 11) is 0. The van der Waals surface area contributed by atoms with Gasteiger partial charge in [-0.15, -0.1) is 12.4 Å². The quantitative estimate of drug-likeness (QED) is 0.900. The molecule has 1 fully saturated rings. The zero-order valence-electron chi connectivity index (χ0n) is 13.1. The first-order valence-corrected chi connectivity index (χ1v) is 7.13. The van der Waals surface area contributed by atoms with Crippen molar-refractivity contribution in [2.24, 2.45) is 11.1 Å². The molecule has 7 heteroatoms. The maximum Gasteiger partial charge on any atom is 0.240 e. The highest BCUT2D eigenvalue weighted by Gasteiger charge is 2.34. The van der Waals surface area contributed by atoms with E-state index in [1.54, 1.807) is 6.92 Å². The number of nitrogens with two attached hydrogens (primary N) is 1. The van der Waals surface area contributed by atoms with Gasteiger partial charge in [-0.1, -0.05) is 25.9 Å². The zero-order chi connectivity index (χ0) is 14.9. The third-order valence-corrected chi connectivity index (χ3v) is 3.82. The van der Waals surface area contributed by atoms with Gasteiger partial charge in [0.2, 0.25) is 11.8 Å². The second kappa shape index (κ2) is 6.75. The van der Waals surface area contributed by atoms with Gasteiger partial charge in [0.15, 0.2) is 5.82 Å². The van der Waals surface area contributed by atoms with Crippen LogP contribution in [0.3, 0.4) is 0 Å². The number of carbonyl (C=O) groups is 1. The predicted octanol–water partition coefficient (Wildman–Crippen LogP) is 1.88. The van der Waals surface area contributed by atoms with Crippen molar-refractivity contribution in [2.45, 2.75) is 52.5 Å². The van der Waals surface area contributed by atoms with Crippen LogP contribution in [0.25, 0.3) is 0 Å². The van der Waals surface area contributed by atoms with E-state index in [2.05, 4.69) is 10.1 Å². The minimum absolute atomic E-state index is 0. The largest absolute Gasteiger partial charge is 0.341 e. The van der Waals surface area contributed by atoms with Crippen molar-refractivity contribution in [2.75, 3.05) is 13.1 Å². The van der Waals surface area contributed by atoms with Crippen molar-refractivity contribution in [3.8, 4) is 0 Å². The van der Waals surface area contributed by atoms with Gasteiger partial charge in [0, 0.05) is 13.1 Å². The molecule has 1 saturated heterocycles. The molecule has 2 rings (SSSR count). The number of hydrogen-bond donors (Lipinski definition) is 1. The fourth-order valence-corrected chi connectivity index (χ4v) is 2.42. The Balaban J connectivity index is 0.00000220. The first kappa shape index (κ1) is 17.9. The molecule has 0 spiro atoms. The van der Waals surface area contributed by atoms with E-state index < -0.39 is 6.04 Å². The molecule has 1 unspecified atom stereocenters. The Morgan fingerprint density at radius 3 is 2.67 bits per heavy atom. The summed E-state index contributed by atoms with van der Waals surface area (Å²) in [5.74, 6) is 1.40. The van der Waals surface area contributed by atoms with Crippen LogP contribution < -0.4 is 5.73 Å². The molecule has 120 valence electrons. The first-order valence-electron chi connectivity index (χ1n) is 7.13. The Kier molecular flexibility index (Phi) is 5.75. The van der Waals surface area contributed by atoms with Crippen molar-refractivity contribution in [3.63, 3.8) is 0 Å². The van der Waals surface area contributed by atoms with Crippen LogP contribution in [0.2, 0.25) is 0 Å². The normalized spacial score (nSPS) is 20.8. The summed E-state index contributed by atoms with van der Waals surface area (Å²) < 4.78 is 5.23. The van der Waals surface area contributed by atoms with Gasteiger partial charge in [-0.3, -0.25) is 4.79 Å². The van der Waals surface area contributed by atoms with E-state index in [0.29, 0.717) is 18.3 Å². The monoisotopic (exact) mass is 316 g/mol. The van der Waals surface area contributed by atoms with E-state index in [9.17, 15) is 4.79 Å². The second-order valence-corrected chi connectivity index (χ2v) is 6.65. The maximum atomic E-state index is 12.5. The minimum atomic E-state index is -0.481. The standard InChI is InChI=1S/C14H24N4O2.ClH/c1-9-16-12(20-17-9)10-6-5-7-18(8-10)13(19)11(15)14(2,3)4;/h10-11H,5-8,15H2,1-4H3;1H/t10?,11-;/m1./s1. The summed E-state index contributed by atoms with van der Waals surface area (Å²) in [5.41, 5.74) is 5.84. The third kappa shape index (κ3) is 4.17. The number of amides is 1. The van der Waals surface area contributed by atoms with E-state index >= 15 is 0 Å². The maximum absolute atomic E-state index is 12.5. The Bertz CT molecular complexity index is 484. The summed E-state index contributed by atoms with van der Waals surface area (Å²) in [6.07, 6.45) is 1.91. The molecule has 2 N–H and O–H groups in total. The molecule has 0 aromatic carbocycles. The summed E-state index contributed by atoms with van der Waals surface area (Å²) in [4.78, 5) is 18.6. The molecule has 1 aliphatic heterocycles. The van der Waals surface area contributed by atoms with E-state index in [-0.39, 0.29) is 29.6 Å². The van der Waals surface area contributed by atoms with E-state index in [1.165, 1.54) is 0 Å². The van der Waals surface area contributed by atoms with E-state index in [0.717, 1.165) is 19.4 Å². The van der Waals surface area contributed by atoms with Crippen LogP contribution in [0, 0.1) is 12.3 Å². The molecule has 6 nitrogen and oxygen atoms in total. The minimum Gasteiger partial charge on any atom is -0.341 e. The lowest BCUT2D eigenvalue weighted by Gasteiger charge is -2.36. The third-order valence-electron chi connectivity index (χ3n) is 3.82. The molecule has 0 radical (unpaired) electrons. The van der Waals surface area contributed by atoms with Crippen molar-refractivity contribution >= 4 is 18.3 Å². The van der Waals surface area contributed by atoms with Crippen molar-refractivity contribution < 1.29 is 9.32 Å². The molecule has 1 aromatic rings. The van der Waals surface area contributed by atoms with Gasteiger partial charge >= 0.3 is 0 Å². The number of piperidine rings is 1. The molecule has 2 atom stereocenters. The fraction of sp³-hybridized carbons (Fsp3) is 0.786. The van der Waals surface area contributed by atoms with Crippen LogP contribution >= 0.6 is 12.4 Å². The van der Waals surface area contributed by atoms with Crippen LogP contribution in [0.1, 0.15) is 51.2 Å². The Morgan fingerprint density at radius 1 is 1.48 bits per heavy atom. The van der Waals surface area contributed by atoms with Gasteiger partial charge in [-0.25, -0.2) is 0 Å². The number of hydrogen-bond acceptors (Lipinski definition) is 5. The molecule has 0 aliphatic carbocycles. The highest BCUT2D eigenvalue weighted by atomic mass is 35.5. The van der Waals surface area contributed by atoms with Crippen molar-refractivity contribution in [1.82, 2.24) is 15.0 Å². The van der Waals surface area contributed by atoms with E-state index in [1.807, 2.05) is 25.7 Å². The molecule has 2 heterocycles. The van der Waals surface area contributed by atoms with Crippen molar-refractivity contribution in [1.29, 1.82) is 0 Å². The molecule has 1 aromatic heterocycles. The summed E-state index contributed by atoms with van der Waals surface area (Å²) in [5, 5.41) is 3.82. The number of aromatic nitrogens is 2. The first-order chi connectivity index (χ1) is 9.29. The van der Waals surface area contributed by atoms with Gasteiger partial charge in [0.25, 0.3) is 0 Å². The fourth-order valence-electron chi connectivity index (χ4n) is 2.42. The van der Waals surface area contributed by atoms with Crippen LogP contribution in [-0.2, 0) is 4.79 Å². The molecule has 1 aliphatic rings. The lowest BCUT2D eigenvalue weighted by molar-refractivity contribution is -0.136. The molecular formula is C14H25ClN4O2. The number of carbonyl (C=O) groups excluding carboxylic acids is 1. The number of likely N-dealkylation sites (tertiary alicyclic amines) is 1. The lowest BCUT2D eigenvalue weighted by atomic mass is 9.86. The summed E-state index contributed by atoms with van der Waals surface area (Å²) in [6.45, 7) is 9.12. The van der Waals surface area contributed by atoms with E-state index in [4.69, 9.17) is 10.3 Å². The van der Waals surface area contributed by atoms with Gasteiger partial charge in [0.05, 0.1) is 12.0 Å². The molecule has 0 bridgehead atoms. The number of aryl methyl sites for hydroxylation is 1.